The predicted octanol–water partition coefficient (Wildman–Crippen LogP) is 6.91. The van der Waals surface area contributed by atoms with Gasteiger partial charge in [0.15, 0.2) is 0 Å². The maximum absolute atomic E-state index is 14.1. The average molecular weight is 515 g/mol. The molecular formula is C31H28F2N2O3. The summed E-state index contributed by atoms with van der Waals surface area (Å²) >= 11 is 0. The number of halogens is 2. The molecule has 0 saturated heterocycles. The molecule has 5 rings (SSSR count). The van der Waals surface area contributed by atoms with E-state index in [2.05, 4.69) is 5.32 Å². The molecule has 0 radical (unpaired) electrons. The van der Waals surface area contributed by atoms with Crippen molar-refractivity contribution in [1.29, 1.82) is 0 Å². The average Bonchev–Trinajstić information content (AvgIpc) is 2.88. The molecule has 4 aromatic rings. The Kier molecular flexibility index (Phi) is 6.87. The summed E-state index contributed by atoms with van der Waals surface area (Å²) in [5.74, 6) is -0.970. The number of nitrogens with zero attached hydrogens (tertiary/aromatic N) is 1. The zero-order valence-corrected chi connectivity index (χ0v) is 21.2. The number of ether oxygens (including phenoxy) is 1. The van der Waals surface area contributed by atoms with Crippen LogP contribution in [0.2, 0.25) is 0 Å². The van der Waals surface area contributed by atoms with Crippen molar-refractivity contribution >= 4 is 17.4 Å². The largest absolute Gasteiger partial charge is 0.489 e. The first-order valence-electron chi connectivity index (χ1n) is 12.4. The molecule has 4 aromatic carbocycles. The lowest BCUT2D eigenvalue weighted by atomic mass is 9.95. The van der Waals surface area contributed by atoms with Crippen LogP contribution in [0.25, 0.3) is 0 Å². The second-order valence-corrected chi connectivity index (χ2v) is 9.89. The minimum atomic E-state index is -1.04. The van der Waals surface area contributed by atoms with Gasteiger partial charge in [-0.25, -0.2) is 13.6 Å². The number of carbonyl (C=O) groups excluding carboxylic acids is 1. The Morgan fingerprint density at radius 1 is 0.947 bits per heavy atom. The van der Waals surface area contributed by atoms with Gasteiger partial charge in [-0.2, -0.15) is 0 Å². The minimum absolute atomic E-state index is 0.158. The molecule has 0 saturated carbocycles. The predicted molar refractivity (Wildman–Crippen MR) is 143 cm³/mol. The van der Waals surface area contributed by atoms with E-state index in [-0.39, 0.29) is 18.2 Å². The van der Waals surface area contributed by atoms with E-state index in [4.69, 9.17) is 4.74 Å². The summed E-state index contributed by atoms with van der Waals surface area (Å²) in [6.45, 7) is 3.41. The van der Waals surface area contributed by atoms with Gasteiger partial charge in [0, 0.05) is 11.8 Å². The van der Waals surface area contributed by atoms with Gasteiger partial charge in [-0.05, 0) is 66.8 Å². The van der Waals surface area contributed by atoms with Gasteiger partial charge in [-0.15, -0.1) is 0 Å². The van der Waals surface area contributed by atoms with Gasteiger partial charge < -0.3 is 15.2 Å². The van der Waals surface area contributed by atoms with Crippen molar-refractivity contribution in [1.82, 2.24) is 0 Å². The zero-order chi connectivity index (χ0) is 26.9. The fourth-order valence-electron chi connectivity index (χ4n) is 4.51. The highest BCUT2D eigenvalue weighted by Gasteiger charge is 2.28. The Morgan fingerprint density at radius 2 is 1.68 bits per heavy atom. The fraction of sp³-hybridized carbons (Fsp3) is 0.194. The molecule has 0 atom stereocenters. The van der Waals surface area contributed by atoms with Crippen LogP contribution in [-0.4, -0.2) is 11.1 Å². The quantitative estimate of drug-likeness (QED) is 0.282. The van der Waals surface area contributed by atoms with Crippen molar-refractivity contribution in [3.05, 3.63) is 124 Å². The van der Waals surface area contributed by atoms with E-state index in [1.165, 1.54) is 18.2 Å². The Hall–Kier alpha value is -4.23. The highest BCUT2D eigenvalue weighted by molar-refractivity contribution is 6.05. The van der Waals surface area contributed by atoms with E-state index in [1.807, 2.05) is 48.5 Å². The topological polar surface area (TPSA) is 61.8 Å². The molecule has 194 valence electrons. The summed E-state index contributed by atoms with van der Waals surface area (Å²) in [7, 11) is 0. The normalized spacial score (nSPS) is 13.2. The third kappa shape index (κ3) is 5.38. The molecule has 1 aliphatic rings. The van der Waals surface area contributed by atoms with Crippen molar-refractivity contribution < 1.29 is 23.4 Å². The third-order valence-corrected chi connectivity index (χ3v) is 6.66. The van der Waals surface area contributed by atoms with Gasteiger partial charge in [0.25, 0.3) is 0 Å². The lowest BCUT2D eigenvalue weighted by molar-refractivity contribution is 0.0786. The number of carbonyl (C=O) groups is 1. The van der Waals surface area contributed by atoms with Crippen LogP contribution in [0, 0.1) is 11.6 Å². The molecule has 0 aromatic heterocycles. The molecule has 0 bridgehead atoms. The standard InChI is InChI=1S/C31H28F2N2O3/c1-31(2,37)23-13-11-22-18-35(30(36)34-28(22)16-23)29-17-24(38-19-25-26(32)9-6-10-27(25)33)14-12-21(29)15-20-7-4-3-5-8-20/h3-14,16-17,37H,15,18-19H2,1-2H3,(H,34,36). The van der Waals surface area contributed by atoms with E-state index >= 15 is 0 Å². The highest BCUT2D eigenvalue weighted by atomic mass is 19.1. The number of aliphatic hydroxyl groups is 1. The summed E-state index contributed by atoms with van der Waals surface area (Å²) in [5, 5.41) is 13.3. The van der Waals surface area contributed by atoms with Gasteiger partial charge >= 0.3 is 6.03 Å². The first kappa shape index (κ1) is 25.4. The monoisotopic (exact) mass is 514 g/mol. The number of hydrogen-bond acceptors (Lipinski definition) is 3. The summed E-state index contributed by atoms with van der Waals surface area (Å²) in [4.78, 5) is 14.9. The molecule has 2 N–H and O–H groups in total. The Bertz CT molecular complexity index is 1460. The zero-order valence-electron chi connectivity index (χ0n) is 21.2. The van der Waals surface area contributed by atoms with Crippen molar-refractivity contribution in [2.24, 2.45) is 0 Å². The van der Waals surface area contributed by atoms with Crippen LogP contribution >= 0.6 is 0 Å². The van der Waals surface area contributed by atoms with E-state index < -0.39 is 17.2 Å². The van der Waals surface area contributed by atoms with Gasteiger partial charge in [-0.3, -0.25) is 4.90 Å². The molecule has 0 aliphatic carbocycles. The molecule has 1 heterocycles. The number of urea groups is 1. The van der Waals surface area contributed by atoms with Crippen molar-refractivity contribution in [2.75, 3.05) is 10.2 Å². The van der Waals surface area contributed by atoms with E-state index in [0.717, 1.165) is 16.7 Å². The Balaban J connectivity index is 1.48. The first-order chi connectivity index (χ1) is 18.2. The molecule has 5 nitrogen and oxygen atoms in total. The second-order valence-electron chi connectivity index (χ2n) is 9.89. The van der Waals surface area contributed by atoms with Crippen molar-refractivity contribution in [3.63, 3.8) is 0 Å². The minimum Gasteiger partial charge on any atom is -0.489 e. The Morgan fingerprint density at radius 3 is 2.39 bits per heavy atom. The van der Waals surface area contributed by atoms with Gasteiger partial charge in [0.05, 0.1) is 23.4 Å². The number of fused-ring (bicyclic) bond motifs is 1. The SMILES string of the molecule is CC(C)(O)c1ccc2c(c1)NC(=O)N(c1cc(OCc3c(F)cccc3F)ccc1Cc1ccccc1)C2. The summed E-state index contributed by atoms with van der Waals surface area (Å²) in [5.41, 5.74) is 3.65. The molecule has 0 unspecified atom stereocenters. The van der Waals surface area contributed by atoms with Gasteiger partial charge in [0.2, 0.25) is 0 Å². The van der Waals surface area contributed by atoms with Crippen LogP contribution in [0.1, 0.15) is 41.7 Å². The molecule has 0 fully saturated rings. The number of rotatable bonds is 7. The molecule has 0 spiro atoms. The van der Waals surface area contributed by atoms with Crippen LogP contribution in [0.5, 0.6) is 5.75 Å². The number of hydrogen-bond donors (Lipinski definition) is 2. The lowest BCUT2D eigenvalue weighted by Crippen LogP contribution is -2.39. The van der Waals surface area contributed by atoms with Crippen molar-refractivity contribution in [2.45, 2.75) is 39.0 Å². The van der Waals surface area contributed by atoms with E-state index in [0.29, 0.717) is 35.7 Å². The molecule has 38 heavy (non-hydrogen) atoms. The van der Waals surface area contributed by atoms with Crippen LogP contribution in [-0.2, 0) is 25.2 Å². The Labute approximate surface area is 220 Å². The van der Waals surface area contributed by atoms with Crippen LogP contribution in [0.4, 0.5) is 25.0 Å². The fourth-order valence-corrected chi connectivity index (χ4v) is 4.51. The number of nitrogens with one attached hydrogen (secondary N) is 1. The first-order valence-corrected chi connectivity index (χ1v) is 12.4. The summed E-state index contributed by atoms with van der Waals surface area (Å²) in [6, 6.07) is 24.1. The van der Waals surface area contributed by atoms with Crippen LogP contribution < -0.4 is 15.0 Å². The number of anilines is 2. The van der Waals surface area contributed by atoms with Crippen LogP contribution in [0.3, 0.4) is 0 Å². The second kappa shape index (κ2) is 10.3. The van der Waals surface area contributed by atoms with E-state index in [9.17, 15) is 18.7 Å². The number of benzene rings is 4. The smallest absolute Gasteiger partial charge is 0.326 e. The molecule has 2 amide bonds. The molecular weight excluding hydrogens is 486 g/mol. The van der Waals surface area contributed by atoms with Crippen LogP contribution in [0.15, 0.2) is 84.9 Å². The van der Waals surface area contributed by atoms with E-state index in [1.54, 1.807) is 36.9 Å². The maximum Gasteiger partial charge on any atom is 0.326 e. The third-order valence-electron chi connectivity index (χ3n) is 6.66. The molecule has 1 aliphatic heterocycles. The number of amides is 2. The highest BCUT2D eigenvalue weighted by Crippen LogP contribution is 2.35. The molecule has 7 heteroatoms. The van der Waals surface area contributed by atoms with Gasteiger partial charge in [0.1, 0.15) is 24.0 Å². The lowest BCUT2D eigenvalue weighted by Gasteiger charge is -2.32. The maximum atomic E-state index is 14.1. The van der Waals surface area contributed by atoms with Gasteiger partial charge in [-0.1, -0.05) is 54.6 Å². The summed E-state index contributed by atoms with van der Waals surface area (Å²) in [6.07, 6.45) is 0.576. The van der Waals surface area contributed by atoms with Crippen molar-refractivity contribution in [3.8, 4) is 5.75 Å². The summed E-state index contributed by atoms with van der Waals surface area (Å²) < 4.78 is 34.0.